The zero-order valence-corrected chi connectivity index (χ0v) is 15.8. The van der Waals surface area contributed by atoms with Crippen LogP contribution in [0.5, 0.6) is 0 Å². The maximum atomic E-state index is 13.0. The molecule has 1 amide bonds. The number of carbonyl (C=O) groups is 2. The van der Waals surface area contributed by atoms with E-state index in [-0.39, 0.29) is 17.5 Å². The Kier molecular flexibility index (Phi) is 6.33. The normalized spacial score (nSPS) is 20.9. The summed E-state index contributed by atoms with van der Waals surface area (Å²) >= 11 is 0. The first-order valence-electron chi connectivity index (χ1n) is 10.1. The summed E-state index contributed by atoms with van der Waals surface area (Å²) < 4.78 is 1.75. The van der Waals surface area contributed by atoms with Gasteiger partial charge in [0.15, 0.2) is 0 Å². The smallest absolute Gasteiger partial charge is 0.338 e. The van der Waals surface area contributed by atoms with E-state index >= 15 is 0 Å². The predicted octanol–water partition coefficient (Wildman–Crippen LogP) is 3.74. The minimum Gasteiger partial charge on any atom is -0.478 e. The number of aromatic nitrogens is 2. The summed E-state index contributed by atoms with van der Waals surface area (Å²) in [5.41, 5.74) is 0.224. The summed E-state index contributed by atoms with van der Waals surface area (Å²) in [5, 5.41) is 13.2. The number of rotatable bonds is 6. The molecule has 26 heavy (non-hydrogen) atoms. The quantitative estimate of drug-likeness (QED) is 0.837. The van der Waals surface area contributed by atoms with Crippen LogP contribution in [0.4, 0.5) is 0 Å². The largest absolute Gasteiger partial charge is 0.478 e. The molecule has 2 aliphatic rings. The molecule has 0 spiro atoms. The SMILES string of the molecule is CCC(CC1CCCCC1)C(=O)N1CCC(n2cc(C(=O)O)cn2)CC1. The molecule has 6 nitrogen and oxygen atoms in total. The Hall–Kier alpha value is -1.85. The molecule has 1 aliphatic carbocycles. The summed E-state index contributed by atoms with van der Waals surface area (Å²) in [6.07, 6.45) is 13.2. The molecule has 6 heteroatoms. The molecule has 0 aromatic carbocycles. The number of piperidine rings is 1. The van der Waals surface area contributed by atoms with E-state index < -0.39 is 5.97 Å². The Morgan fingerprint density at radius 2 is 1.88 bits per heavy atom. The van der Waals surface area contributed by atoms with E-state index in [4.69, 9.17) is 5.11 Å². The molecular formula is C20H31N3O3. The van der Waals surface area contributed by atoms with Gasteiger partial charge in [-0.2, -0.15) is 5.10 Å². The number of likely N-dealkylation sites (tertiary alicyclic amines) is 1. The third kappa shape index (κ3) is 4.46. The second-order valence-corrected chi connectivity index (χ2v) is 7.92. The molecule has 1 unspecified atom stereocenters. The molecule has 144 valence electrons. The van der Waals surface area contributed by atoms with Gasteiger partial charge in [0, 0.05) is 25.2 Å². The number of amides is 1. The van der Waals surface area contributed by atoms with Crippen molar-refractivity contribution in [3.05, 3.63) is 18.0 Å². The van der Waals surface area contributed by atoms with Gasteiger partial charge in [-0.25, -0.2) is 4.79 Å². The van der Waals surface area contributed by atoms with E-state index in [1.165, 1.54) is 38.3 Å². The number of nitrogens with zero attached hydrogens (tertiary/aromatic N) is 3. The van der Waals surface area contributed by atoms with Crippen LogP contribution in [0, 0.1) is 11.8 Å². The molecule has 2 fully saturated rings. The predicted molar refractivity (Wildman–Crippen MR) is 99.0 cm³/mol. The minimum atomic E-state index is -0.947. The molecule has 2 heterocycles. The van der Waals surface area contributed by atoms with Gasteiger partial charge in [0.2, 0.25) is 5.91 Å². The van der Waals surface area contributed by atoms with Gasteiger partial charge in [-0.15, -0.1) is 0 Å². The fourth-order valence-corrected chi connectivity index (χ4v) is 4.52. The third-order valence-corrected chi connectivity index (χ3v) is 6.18. The molecule has 0 radical (unpaired) electrons. The van der Waals surface area contributed by atoms with Crippen LogP contribution in [0.25, 0.3) is 0 Å². The monoisotopic (exact) mass is 361 g/mol. The minimum absolute atomic E-state index is 0.165. The van der Waals surface area contributed by atoms with Crippen LogP contribution in [0.3, 0.4) is 0 Å². The fourth-order valence-electron chi connectivity index (χ4n) is 4.52. The molecular weight excluding hydrogens is 330 g/mol. The van der Waals surface area contributed by atoms with Gasteiger partial charge in [-0.3, -0.25) is 9.48 Å². The van der Waals surface area contributed by atoms with Crippen LogP contribution in [-0.4, -0.2) is 44.8 Å². The molecule has 1 aromatic heterocycles. The van der Waals surface area contributed by atoms with Crippen molar-refractivity contribution in [3.8, 4) is 0 Å². The fraction of sp³-hybridized carbons (Fsp3) is 0.750. The van der Waals surface area contributed by atoms with Gasteiger partial charge in [0.05, 0.1) is 17.8 Å². The van der Waals surface area contributed by atoms with Crippen molar-refractivity contribution in [3.63, 3.8) is 0 Å². The highest BCUT2D eigenvalue weighted by Crippen LogP contribution is 2.32. The number of hydrogen-bond donors (Lipinski definition) is 1. The number of hydrogen-bond acceptors (Lipinski definition) is 3. The highest BCUT2D eigenvalue weighted by Gasteiger charge is 2.30. The first kappa shape index (κ1) is 18.9. The number of carboxylic acids is 1. The average Bonchev–Trinajstić information content (AvgIpc) is 3.17. The Morgan fingerprint density at radius 3 is 2.46 bits per heavy atom. The van der Waals surface area contributed by atoms with E-state index in [2.05, 4.69) is 12.0 Å². The lowest BCUT2D eigenvalue weighted by molar-refractivity contribution is -0.137. The lowest BCUT2D eigenvalue weighted by Crippen LogP contribution is -2.42. The number of carboxylic acid groups (broad SMARTS) is 1. The second-order valence-electron chi connectivity index (χ2n) is 7.92. The summed E-state index contributed by atoms with van der Waals surface area (Å²) in [5.74, 6) is 0.271. The van der Waals surface area contributed by atoms with Crippen LogP contribution in [0.2, 0.25) is 0 Å². The van der Waals surface area contributed by atoms with E-state index in [1.807, 2.05) is 4.90 Å². The van der Waals surface area contributed by atoms with Gasteiger partial charge in [-0.1, -0.05) is 39.0 Å². The van der Waals surface area contributed by atoms with Crippen LogP contribution in [0.1, 0.15) is 81.1 Å². The van der Waals surface area contributed by atoms with Gasteiger partial charge in [-0.05, 0) is 31.6 Å². The summed E-state index contributed by atoms with van der Waals surface area (Å²) in [7, 11) is 0. The topological polar surface area (TPSA) is 75.4 Å². The second kappa shape index (κ2) is 8.69. The lowest BCUT2D eigenvalue weighted by Gasteiger charge is -2.35. The van der Waals surface area contributed by atoms with Gasteiger partial charge in [0.25, 0.3) is 0 Å². The van der Waals surface area contributed by atoms with Crippen LogP contribution in [0.15, 0.2) is 12.4 Å². The van der Waals surface area contributed by atoms with Crippen molar-refractivity contribution < 1.29 is 14.7 Å². The molecule has 1 saturated heterocycles. The zero-order valence-electron chi connectivity index (χ0n) is 15.8. The Morgan fingerprint density at radius 1 is 1.19 bits per heavy atom. The number of aromatic carboxylic acids is 1. The molecule has 1 aliphatic heterocycles. The summed E-state index contributed by atoms with van der Waals surface area (Å²) in [6, 6.07) is 0.186. The van der Waals surface area contributed by atoms with Crippen LogP contribution >= 0.6 is 0 Å². The van der Waals surface area contributed by atoms with Gasteiger partial charge >= 0.3 is 5.97 Å². The molecule has 1 atom stereocenters. The first-order valence-corrected chi connectivity index (χ1v) is 10.1. The Balaban J connectivity index is 1.52. The van der Waals surface area contributed by atoms with E-state index in [0.29, 0.717) is 5.91 Å². The first-order chi connectivity index (χ1) is 12.6. The molecule has 0 bridgehead atoms. The van der Waals surface area contributed by atoms with Crippen LogP contribution in [-0.2, 0) is 4.79 Å². The third-order valence-electron chi connectivity index (χ3n) is 6.18. The maximum absolute atomic E-state index is 13.0. The highest BCUT2D eigenvalue weighted by molar-refractivity contribution is 5.86. The molecule has 3 rings (SSSR count). The van der Waals surface area contributed by atoms with E-state index in [0.717, 1.165) is 44.7 Å². The summed E-state index contributed by atoms with van der Waals surface area (Å²) in [6.45, 7) is 3.62. The van der Waals surface area contributed by atoms with E-state index in [9.17, 15) is 9.59 Å². The van der Waals surface area contributed by atoms with Crippen LogP contribution < -0.4 is 0 Å². The van der Waals surface area contributed by atoms with Crippen molar-refractivity contribution in [2.75, 3.05) is 13.1 Å². The standard InChI is InChI=1S/C20H31N3O3/c1-2-16(12-15-6-4-3-5-7-15)19(24)22-10-8-18(9-11-22)23-14-17(13-21-23)20(25)26/h13-16,18H,2-12H2,1H3,(H,25,26). The highest BCUT2D eigenvalue weighted by atomic mass is 16.4. The molecule has 1 saturated carbocycles. The van der Waals surface area contributed by atoms with Crippen molar-refractivity contribution in [2.24, 2.45) is 11.8 Å². The van der Waals surface area contributed by atoms with Crippen molar-refractivity contribution in [1.82, 2.24) is 14.7 Å². The molecule has 1 N–H and O–H groups in total. The summed E-state index contributed by atoms with van der Waals surface area (Å²) in [4.78, 5) is 26.0. The Labute approximate surface area is 155 Å². The maximum Gasteiger partial charge on any atom is 0.338 e. The molecule has 1 aromatic rings. The average molecular weight is 361 g/mol. The van der Waals surface area contributed by atoms with E-state index in [1.54, 1.807) is 10.9 Å². The van der Waals surface area contributed by atoms with Gasteiger partial charge < -0.3 is 10.0 Å². The Bertz CT molecular complexity index is 614. The van der Waals surface area contributed by atoms with Crippen molar-refractivity contribution >= 4 is 11.9 Å². The van der Waals surface area contributed by atoms with Gasteiger partial charge in [0.1, 0.15) is 0 Å². The number of carbonyl (C=O) groups excluding carboxylic acids is 1. The lowest BCUT2D eigenvalue weighted by atomic mass is 9.81. The van der Waals surface area contributed by atoms with Crippen molar-refractivity contribution in [1.29, 1.82) is 0 Å². The zero-order chi connectivity index (χ0) is 18.5. The van der Waals surface area contributed by atoms with Crippen molar-refractivity contribution in [2.45, 2.75) is 70.8 Å².